The summed E-state index contributed by atoms with van der Waals surface area (Å²) in [4.78, 5) is 0. The van der Waals surface area contributed by atoms with E-state index in [0.717, 1.165) is 11.1 Å². The quantitative estimate of drug-likeness (QED) is 0.536. The van der Waals surface area contributed by atoms with E-state index in [9.17, 15) is 0 Å². The van der Waals surface area contributed by atoms with Crippen LogP contribution < -0.4 is 0 Å². The Morgan fingerprint density at radius 3 is 1.84 bits per heavy atom. The van der Waals surface area contributed by atoms with Gasteiger partial charge < -0.3 is 0 Å². The number of benzene rings is 1. The predicted molar refractivity (Wildman–Crippen MR) is 104 cm³/mol. The molecule has 0 heterocycles. The van der Waals surface area contributed by atoms with Crippen molar-refractivity contribution in [3.63, 3.8) is 0 Å². The Balaban J connectivity index is 1.66. The zero-order valence-electron chi connectivity index (χ0n) is 15.4. The van der Waals surface area contributed by atoms with Gasteiger partial charge in [0.25, 0.3) is 0 Å². The van der Waals surface area contributed by atoms with Gasteiger partial charge >= 0.3 is 0 Å². The fourth-order valence-electron chi connectivity index (χ4n) is 5.80. The van der Waals surface area contributed by atoms with Gasteiger partial charge in [0.05, 0.1) is 0 Å². The van der Waals surface area contributed by atoms with Crippen molar-refractivity contribution in [2.45, 2.75) is 70.6 Å². The average Bonchev–Trinajstić information content (AvgIpc) is 2.70. The molecule has 0 N–H and O–H groups in total. The van der Waals surface area contributed by atoms with E-state index in [1.807, 2.05) is 30.3 Å². The van der Waals surface area contributed by atoms with Crippen LogP contribution in [0.4, 0.5) is 4.39 Å². The summed E-state index contributed by atoms with van der Waals surface area (Å²) >= 11 is 0. The number of allylic oxidation sites excluding steroid dienone is 4. The van der Waals surface area contributed by atoms with Crippen LogP contribution in [0.3, 0.4) is 0 Å². The van der Waals surface area contributed by atoms with E-state index in [4.69, 9.17) is 0 Å². The third kappa shape index (κ3) is 3.35. The monoisotopic (exact) mass is 338 g/mol. The summed E-state index contributed by atoms with van der Waals surface area (Å²) in [6.45, 7) is 0. The normalized spacial score (nSPS) is 25.3. The average molecular weight is 339 g/mol. The van der Waals surface area contributed by atoms with Gasteiger partial charge in [0.15, 0.2) is 0 Å². The summed E-state index contributed by atoms with van der Waals surface area (Å²) in [5.74, 6) is 1.50. The van der Waals surface area contributed by atoms with E-state index < -0.39 is 0 Å². The largest absolute Gasteiger partial charge is 0.211 e. The molecule has 0 radical (unpaired) electrons. The second-order valence-corrected chi connectivity index (χ2v) is 8.48. The maximum Gasteiger partial charge on any atom is 0.109 e. The molecule has 0 atom stereocenters. The highest BCUT2D eigenvalue weighted by Gasteiger charge is 2.45. The Hall–Kier alpha value is -1.37. The molecule has 3 aliphatic carbocycles. The van der Waals surface area contributed by atoms with E-state index in [-0.39, 0.29) is 11.2 Å². The van der Waals surface area contributed by atoms with Crippen molar-refractivity contribution in [1.82, 2.24) is 0 Å². The molecule has 2 saturated carbocycles. The van der Waals surface area contributed by atoms with E-state index in [2.05, 4.69) is 12.2 Å². The van der Waals surface area contributed by atoms with Gasteiger partial charge in [-0.05, 0) is 43.1 Å². The molecule has 134 valence electrons. The highest BCUT2D eigenvalue weighted by Crippen LogP contribution is 2.55. The molecule has 3 aliphatic rings. The molecule has 2 fully saturated rings. The van der Waals surface area contributed by atoms with Crippen molar-refractivity contribution in [3.05, 3.63) is 53.9 Å². The summed E-state index contributed by atoms with van der Waals surface area (Å²) in [5, 5.41) is 0. The smallest absolute Gasteiger partial charge is 0.109 e. The van der Waals surface area contributed by atoms with Crippen molar-refractivity contribution in [1.29, 1.82) is 0 Å². The van der Waals surface area contributed by atoms with Gasteiger partial charge in [0, 0.05) is 17.4 Å². The van der Waals surface area contributed by atoms with Gasteiger partial charge in [-0.2, -0.15) is 0 Å². The Bertz CT molecular complexity index is 609. The second-order valence-electron chi connectivity index (χ2n) is 8.48. The molecule has 0 amide bonds. The Kier molecular flexibility index (Phi) is 5.10. The van der Waals surface area contributed by atoms with Crippen LogP contribution in [0.1, 0.15) is 76.2 Å². The van der Waals surface area contributed by atoms with Crippen LogP contribution >= 0.6 is 0 Å². The molecule has 1 aromatic rings. The maximum absolute atomic E-state index is 15.4. The molecule has 25 heavy (non-hydrogen) atoms. The minimum atomic E-state index is 0.0865. The summed E-state index contributed by atoms with van der Waals surface area (Å²) in [6.07, 6.45) is 18.5. The van der Waals surface area contributed by atoms with Gasteiger partial charge in [-0.1, -0.05) is 81.0 Å². The highest BCUT2D eigenvalue weighted by atomic mass is 19.1. The molecule has 1 aromatic carbocycles. The zero-order valence-corrected chi connectivity index (χ0v) is 15.4. The van der Waals surface area contributed by atoms with Crippen LogP contribution in [0.25, 0.3) is 5.57 Å². The molecule has 4 rings (SSSR count). The van der Waals surface area contributed by atoms with Crippen LogP contribution in [0.2, 0.25) is 0 Å². The van der Waals surface area contributed by atoms with Gasteiger partial charge in [0.2, 0.25) is 0 Å². The highest BCUT2D eigenvalue weighted by molar-refractivity contribution is 5.77. The SMILES string of the molecule is FC1=C(c2ccccc2)C=CC(C2CCCCC2)(C2CCCCC2)C1. The fraction of sp³-hybridized carbons (Fsp3) is 0.583. The van der Waals surface area contributed by atoms with Crippen LogP contribution in [0.5, 0.6) is 0 Å². The molecule has 0 aromatic heterocycles. The predicted octanol–water partition coefficient (Wildman–Crippen LogP) is 7.47. The van der Waals surface area contributed by atoms with Crippen LogP contribution in [-0.2, 0) is 0 Å². The number of rotatable bonds is 3. The van der Waals surface area contributed by atoms with E-state index in [1.54, 1.807) is 0 Å². The zero-order chi connectivity index (χ0) is 17.1. The molecule has 0 bridgehead atoms. The third-order valence-corrected chi connectivity index (χ3v) is 7.13. The molecule has 0 spiro atoms. The van der Waals surface area contributed by atoms with Crippen molar-refractivity contribution < 1.29 is 4.39 Å². The first-order valence-electron chi connectivity index (χ1n) is 10.4. The molecular formula is C24H31F. The first-order chi connectivity index (χ1) is 12.3. The van der Waals surface area contributed by atoms with E-state index in [0.29, 0.717) is 18.3 Å². The van der Waals surface area contributed by atoms with Crippen molar-refractivity contribution in [3.8, 4) is 0 Å². The fourth-order valence-corrected chi connectivity index (χ4v) is 5.80. The van der Waals surface area contributed by atoms with Gasteiger partial charge in [-0.3, -0.25) is 0 Å². The Labute approximate surface area is 152 Å². The molecule has 0 aliphatic heterocycles. The Morgan fingerprint density at radius 1 is 0.760 bits per heavy atom. The topological polar surface area (TPSA) is 0 Å². The summed E-state index contributed by atoms with van der Waals surface area (Å²) in [7, 11) is 0. The van der Waals surface area contributed by atoms with E-state index >= 15 is 4.39 Å². The maximum atomic E-state index is 15.4. The van der Waals surface area contributed by atoms with Gasteiger partial charge in [-0.25, -0.2) is 4.39 Å². The van der Waals surface area contributed by atoms with Crippen molar-refractivity contribution in [2.75, 3.05) is 0 Å². The van der Waals surface area contributed by atoms with Crippen LogP contribution in [-0.4, -0.2) is 0 Å². The first-order valence-corrected chi connectivity index (χ1v) is 10.4. The molecule has 0 nitrogen and oxygen atoms in total. The minimum absolute atomic E-state index is 0.0865. The van der Waals surface area contributed by atoms with Crippen molar-refractivity contribution >= 4 is 5.57 Å². The van der Waals surface area contributed by atoms with Crippen molar-refractivity contribution in [2.24, 2.45) is 17.3 Å². The summed E-state index contributed by atoms with van der Waals surface area (Å²) < 4.78 is 15.4. The second kappa shape index (κ2) is 7.48. The Morgan fingerprint density at radius 2 is 1.32 bits per heavy atom. The number of hydrogen-bond acceptors (Lipinski definition) is 0. The number of halogens is 1. The lowest BCUT2D eigenvalue weighted by Gasteiger charge is -2.49. The van der Waals surface area contributed by atoms with Crippen LogP contribution in [0.15, 0.2) is 48.3 Å². The van der Waals surface area contributed by atoms with E-state index in [1.165, 1.54) is 64.2 Å². The van der Waals surface area contributed by atoms with Crippen LogP contribution in [0, 0.1) is 17.3 Å². The molecular weight excluding hydrogens is 307 g/mol. The van der Waals surface area contributed by atoms with Gasteiger partial charge in [0.1, 0.15) is 5.83 Å². The lowest BCUT2D eigenvalue weighted by Crippen LogP contribution is -2.40. The third-order valence-electron chi connectivity index (χ3n) is 7.13. The first kappa shape index (κ1) is 17.1. The minimum Gasteiger partial charge on any atom is -0.211 e. The van der Waals surface area contributed by atoms with Gasteiger partial charge in [-0.15, -0.1) is 0 Å². The summed E-state index contributed by atoms with van der Waals surface area (Å²) in [5.41, 5.74) is 1.93. The lowest BCUT2D eigenvalue weighted by molar-refractivity contribution is 0.0628. The standard InChI is InChI=1S/C24H31F/c25-23-18-24(20-12-6-2-7-13-20,21-14-8-3-9-15-21)17-16-22(23)19-10-4-1-5-11-19/h1,4-5,10-11,16-17,20-21H,2-3,6-9,12-15,18H2. The summed E-state index contributed by atoms with van der Waals surface area (Å²) in [6, 6.07) is 10.1. The molecule has 0 unspecified atom stereocenters. The lowest BCUT2D eigenvalue weighted by atomic mass is 9.56. The molecule has 1 heteroatoms. The molecule has 0 saturated heterocycles. The number of hydrogen-bond donors (Lipinski definition) is 0.